The van der Waals surface area contributed by atoms with Crippen LogP contribution >= 0.6 is 11.8 Å². The van der Waals surface area contributed by atoms with Crippen molar-refractivity contribution in [3.8, 4) is 0 Å². The van der Waals surface area contributed by atoms with Crippen molar-refractivity contribution >= 4 is 23.5 Å². The van der Waals surface area contributed by atoms with E-state index in [4.69, 9.17) is 0 Å². The van der Waals surface area contributed by atoms with Gasteiger partial charge in [0.15, 0.2) is 6.20 Å². The van der Waals surface area contributed by atoms with Crippen molar-refractivity contribution in [2.75, 3.05) is 18.1 Å². The number of aliphatic hydroxyl groups is 1. The number of aryl methyl sites for hydroxylation is 2. The maximum atomic E-state index is 9.36. The van der Waals surface area contributed by atoms with E-state index in [1.165, 1.54) is 16.1 Å². The summed E-state index contributed by atoms with van der Waals surface area (Å²) in [6.45, 7) is 2.87. The zero-order valence-corrected chi connectivity index (χ0v) is 15.6. The van der Waals surface area contributed by atoms with E-state index in [1.807, 2.05) is 25.4 Å². The van der Waals surface area contributed by atoms with Crippen LogP contribution in [0.2, 0.25) is 0 Å². The lowest BCUT2D eigenvalue weighted by molar-refractivity contribution is -0.673. The van der Waals surface area contributed by atoms with Crippen molar-refractivity contribution in [2.45, 2.75) is 11.8 Å². The first-order valence-electron chi connectivity index (χ1n) is 7.02. The van der Waals surface area contributed by atoms with Crippen LogP contribution in [0.3, 0.4) is 0 Å². The van der Waals surface area contributed by atoms with Gasteiger partial charge in [-0.05, 0) is 30.7 Å². The van der Waals surface area contributed by atoms with Crippen LogP contribution in [0, 0.1) is 6.92 Å². The Kier molecular flexibility index (Phi) is 5.88. The van der Waals surface area contributed by atoms with Gasteiger partial charge in [-0.25, -0.2) is 4.57 Å². The molecule has 0 saturated carbocycles. The summed E-state index contributed by atoms with van der Waals surface area (Å²) in [5.41, 5.74) is 3.59. The smallest absolute Gasteiger partial charge is 0.207 e. The lowest BCUT2D eigenvalue weighted by atomic mass is 10.2. The lowest BCUT2D eigenvalue weighted by Crippen LogP contribution is -3.00. The number of thioether (sulfide) groups is 1. The van der Waals surface area contributed by atoms with Gasteiger partial charge in [0.1, 0.15) is 7.05 Å². The first-order chi connectivity index (χ1) is 10.2. The molecule has 116 valence electrons. The number of aliphatic hydroxyl groups excluding tert-OH is 1. The van der Waals surface area contributed by atoms with Crippen LogP contribution in [0.25, 0.3) is 6.08 Å². The quantitative estimate of drug-likeness (QED) is 0.541. The fourth-order valence-electron chi connectivity index (χ4n) is 2.46. The Morgan fingerprint density at radius 1 is 1.27 bits per heavy atom. The second kappa shape index (κ2) is 7.48. The van der Waals surface area contributed by atoms with E-state index in [2.05, 4.69) is 46.7 Å². The molecule has 0 saturated heterocycles. The summed E-state index contributed by atoms with van der Waals surface area (Å²) in [4.78, 5) is 3.44. The van der Waals surface area contributed by atoms with E-state index in [-0.39, 0.29) is 30.6 Å². The van der Waals surface area contributed by atoms with Crippen LogP contribution in [-0.4, -0.2) is 18.3 Å². The van der Waals surface area contributed by atoms with Gasteiger partial charge in [0, 0.05) is 29.6 Å². The number of hydrogen-bond donors (Lipinski definition) is 1. The maximum Gasteiger partial charge on any atom is 0.207 e. The van der Waals surface area contributed by atoms with Gasteiger partial charge in [0.05, 0.1) is 17.3 Å². The van der Waals surface area contributed by atoms with E-state index in [1.54, 1.807) is 11.8 Å². The van der Waals surface area contributed by atoms with Crippen molar-refractivity contribution in [1.82, 2.24) is 0 Å². The molecule has 22 heavy (non-hydrogen) atoms. The van der Waals surface area contributed by atoms with E-state index in [0.29, 0.717) is 6.54 Å². The van der Waals surface area contributed by atoms with E-state index >= 15 is 0 Å². The highest BCUT2D eigenvalue weighted by Crippen LogP contribution is 2.46. The van der Waals surface area contributed by atoms with Crippen molar-refractivity contribution in [3.05, 3.63) is 58.9 Å². The van der Waals surface area contributed by atoms with E-state index < -0.39 is 0 Å². The highest BCUT2D eigenvalue weighted by atomic mass is 127. The lowest BCUT2D eigenvalue weighted by Gasteiger charge is -2.18. The topological polar surface area (TPSA) is 27.4 Å². The largest absolute Gasteiger partial charge is 1.00 e. The normalized spacial score (nSPS) is 14.9. The van der Waals surface area contributed by atoms with Gasteiger partial charge in [-0.15, -0.1) is 0 Å². The third kappa shape index (κ3) is 3.47. The van der Waals surface area contributed by atoms with Crippen LogP contribution in [-0.2, 0) is 7.05 Å². The molecule has 5 heteroatoms. The fraction of sp³-hybridized carbons (Fsp3) is 0.235. The van der Waals surface area contributed by atoms with Crippen LogP contribution in [0.15, 0.2) is 52.5 Å². The second-order valence-corrected chi connectivity index (χ2v) is 6.23. The number of hydrogen-bond acceptors (Lipinski definition) is 3. The molecule has 0 fully saturated rings. The molecule has 1 aliphatic heterocycles. The summed E-state index contributed by atoms with van der Waals surface area (Å²) in [7, 11) is 2.04. The molecule has 0 atom stereocenters. The number of anilines is 1. The molecule has 1 N–H and O–H groups in total. The zero-order valence-electron chi connectivity index (χ0n) is 12.7. The average molecular weight is 426 g/mol. The molecule has 0 aliphatic carbocycles. The van der Waals surface area contributed by atoms with E-state index in [9.17, 15) is 5.11 Å². The van der Waals surface area contributed by atoms with Gasteiger partial charge in [0.2, 0.25) is 5.69 Å². The number of benzene rings is 1. The van der Waals surface area contributed by atoms with Crippen LogP contribution in [0.4, 0.5) is 5.69 Å². The Bertz CT molecular complexity index is 703. The molecular weight excluding hydrogens is 407 g/mol. The first kappa shape index (κ1) is 17.3. The molecule has 0 unspecified atom stereocenters. The molecule has 3 nitrogen and oxygen atoms in total. The molecule has 0 radical (unpaired) electrons. The monoisotopic (exact) mass is 426 g/mol. The first-order valence-corrected chi connectivity index (χ1v) is 7.84. The summed E-state index contributed by atoms with van der Waals surface area (Å²) in [5, 5.41) is 10.5. The third-order valence-corrected chi connectivity index (χ3v) is 4.67. The molecule has 0 bridgehead atoms. The Labute approximate surface area is 152 Å². The SMILES string of the molecule is Cc1ccc2c(c1)S/C(=C\c1cccc[n+]1C)N2CCO.[I-]. The summed E-state index contributed by atoms with van der Waals surface area (Å²) in [6, 6.07) is 12.6. The summed E-state index contributed by atoms with van der Waals surface area (Å²) in [5.74, 6) is 0. The zero-order chi connectivity index (χ0) is 14.8. The predicted octanol–water partition coefficient (Wildman–Crippen LogP) is -0.273. The van der Waals surface area contributed by atoms with Gasteiger partial charge in [-0.1, -0.05) is 17.8 Å². The Balaban J connectivity index is 0.00000176. The molecule has 0 amide bonds. The van der Waals surface area contributed by atoms with E-state index in [0.717, 1.165) is 10.7 Å². The molecule has 1 aromatic carbocycles. The minimum absolute atomic E-state index is 0. The highest BCUT2D eigenvalue weighted by molar-refractivity contribution is 8.03. The predicted molar refractivity (Wildman–Crippen MR) is 87.1 cm³/mol. The fourth-order valence-corrected chi connectivity index (χ4v) is 3.70. The average Bonchev–Trinajstić information content (AvgIpc) is 2.79. The van der Waals surface area contributed by atoms with Crippen molar-refractivity contribution in [3.63, 3.8) is 0 Å². The Morgan fingerprint density at radius 3 is 2.82 bits per heavy atom. The molecule has 2 aromatic rings. The van der Waals surface area contributed by atoms with Gasteiger partial charge in [-0.3, -0.25) is 0 Å². The van der Waals surface area contributed by atoms with Gasteiger partial charge in [0.25, 0.3) is 0 Å². The number of aromatic nitrogens is 1. The maximum absolute atomic E-state index is 9.36. The Morgan fingerprint density at radius 2 is 2.09 bits per heavy atom. The Hall–Kier alpha value is -1.05. The molecule has 1 aromatic heterocycles. The van der Waals surface area contributed by atoms with Crippen LogP contribution in [0.1, 0.15) is 11.3 Å². The summed E-state index contributed by atoms with van der Waals surface area (Å²) >= 11 is 1.76. The van der Waals surface area contributed by atoms with Gasteiger partial charge >= 0.3 is 0 Å². The molecule has 2 heterocycles. The van der Waals surface area contributed by atoms with Gasteiger partial charge in [-0.2, -0.15) is 0 Å². The number of fused-ring (bicyclic) bond motifs is 1. The van der Waals surface area contributed by atoms with Crippen molar-refractivity contribution < 1.29 is 33.7 Å². The highest BCUT2D eigenvalue weighted by Gasteiger charge is 2.25. The van der Waals surface area contributed by atoms with Crippen molar-refractivity contribution in [2.24, 2.45) is 7.05 Å². The molecule has 3 rings (SSSR count). The van der Waals surface area contributed by atoms with Gasteiger partial charge < -0.3 is 34.0 Å². The number of nitrogens with zero attached hydrogens (tertiary/aromatic N) is 2. The number of β-amino-alcohol motifs (C(OH)–C–C–N with tert-alkyl or cyclic N) is 1. The number of rotatable bonds is 3. The second-order valence-electron chi connectivity index (χ2n) is 5.17. The molecular formula is C17H19IN2OS. The van der Waals surface area contributed by atoms with Crippen LogP contribution in [0.5, 0.6) is 0 Å². The molecule has 0 spiro atoms. The minimum atomic E-state index is 0. The minimum Gasteiger partial charge on any atom is -1.00 e. The summed E-state index contributed by atoms with van der Waals surface area (Å²) in [6.07, 6.45) is 4.22. The number of pyridine rings is 1. The third-order valence-electron chi connectivity index (χ3n) is 3.58. The molecule has 1 aliphatic rings. The standard InChI is InChI=1S/C17H19N2OS.HI/c1-13-6-7-15-16(11-13)21-17(19(15)9-10-20)12-14-5-3-4-8-18(14)2;/h3-8,11-12,20H,9-10H2,1-2H3;1H/q+1;/p-1. The van der Waals surface area contributed by atoms with Crippen molar-refractivity contribution in [1.29, 1.82) is 0 Å². The summed E-state index contributed by atoms with van der Waals surface area (Å²) < 4.78 is 2.10. The number of halogens is 1. The van der Waals surface area contributed by atoms with Crippen LogP contribution < -0.4 is 33.4 Å².